The predicted molar refractivity (Wildman–Crippen MR) is 129 cm³/mol. The van der Waals surface area contributed by atoms with Gasteiger partial charge in [0.2, 0.25) is 0 Å². The number of allylic oxidation sites excluding steroid dienone is 1. The quantitative estimate of drug-likeness (QED) is 0.464. The molecular weight excluding hydrogens is 439 g/mol. The molecule has 8 heteroatoms. The second-order valence-electron chi connectivity index (χ2n) is 8.41. The molecule has 0 saturated heterocycles. The van der Waals surface area contributed by atoms with Crippen LogP contribution in [-0.4, -0.2) is 26.8 Å². The third-order valence-electron chi connectivity index (χ3n) is 4.89. The number of halogens is 1. The lowest BCUT2D eigenvalue weighted by Gasteiger charge is -2.17. The number of fused-ring (bicyclic) bond motifs is 1. The van der Waals surface area contributed by atoms with E-state index in [1.165, 1.54) is 24.1 Å². The van der Waals surface area contributed by atoms with E-state index >= 15 is 0 Å². The molecule has 1 amide bonds. The number of carbonyl (C=O) groups is 1. The van der Waals surface area contributed by atoms with Gasteiger partial charge in [0, 0.05) is 23.6 Å². The topological polar surface area (TPSA) is 81.3 Å². The van der Waals surface area contributed by atoms with Gasteiger partial charge in [-0.3, -0.25) is 4.79 Å². The van der Waals surface area contributed by atoms with Crippen LogP contribution >= 0.6 is 11.9 Å². The molecular formula is C25H25FN4O2S. The third-order valence-corrected chi connectivity index (χ3v) is 5.84. The lowest BCUT2D eigenvalue weighted by atomic mass is 10.1. The minimum Gasteiger partial charge on any atom is -0.493 e. The minimum absolute atomic E-state index is 0.185. The van der Waals surface area contributed by atoms with E-state index in [-0.39, 0.29) is 5.91 Å². The van der Waals surface area contributed by atoms with Gasteiger partial charge in [-0.25, -0.2) is 18.7 Å². The number of nitrogens with zero attached hydrogens (tertiary/aromatic N) is 3. The maximum Gasteiger partial charge on any atom is 0.271 e. The first-order valence-electron chi connectivity index (χ1n) is 10.6. The van der Waals surface area contributed by atoms with Crippen LogP contribution in [-0.2, 0) is 0 Å². The molecule has 6 nitrogen and oxygen atoms in total. The molecule has 0 saturated carbocycles. The van der Waals surface area contributed by atoms with Crippen LogP contribution in [0.3, 0.4) is 0 Å². The summed E-state index contributed by atoms with van der Waals surface area (Å²) in [4.78, 5) is 22.3. The molecule has 1 aliphatic heterocycles. The van der Waals surface area contributed by atoms with Gasteiger partial charge < -0.3 is 10.5 Å². The summed E-state index contributed by atoms with van der Waals surface area (Å²) in [5, 5.41) is 0.604. The highest BCUT2D eigenvalue weighted by Gasteiger charge is 2.36. The van der Waals surface area contributed by atoms with Gasteiger partial charge in [0.05, 0.1) is 23.6 Å². The summed E-state index contributed by atoms with van der Waals surface area (Å²) in [6, 6.07) is 13.3. The number of carbonyl (C=O) groups excluding carboxylic acids is 1. The van der Waals surface area contributed by atoms with Crippen LogP contribution < -0.4 is 10.5 Å². The van der Waals surface area contributed by atoms with Gasteiger partial charge in [-0.15, -0.1) is 0 Å². The van der Waals surface area contributed by atoms with E-state index < -0.39 is 5.82 Å². The molecule has 0 fully saturated rings. The molecule has 0 aliphatic carbocycles. The number of ether oxygens (including phenoxy) is 1. The summed E-state index contributed by atoms with van der Waals surface area (Å²) in [5.41, 5.74) is 9.60. The standard InChI is InChI=1S/C25H25FN4O2S/c1-14(2)13-32-18-11-16(10-17(26)12-18)20-9-8-19-23(28-20)24(15(3)4)30(25(19)31)33-22-7-5-6-21(27)29-22/h5-12,14H,13H2,1-4H3,(H2,27,29). The molecule has 0 unspecified atom stereocenters. The molecule has 33 heavy (non-hydrogen) atoms. The molecule has 0 bridgehead atoms. The summed E-state index contributed by atoms with van der Waals surface area (Å²) in [6.45, 7) is 8.40. The average molecular weight is 465 g/mol. The zero-order valence-electron chi connectivity index (χ0n) is 18.9. The first-order valence-corrected chi connectivity index (χ1v) is 11.4. The Hall–Kier alpha value is -3.39. The Morgan fingerprint density at radius 1 is 1.15 bits per heavy atom. The van der Waals surface area contributed by atoms with Gasteiger partial charge in [0.1, 0.15) is 28.1 Å². The average Bonchev–Trinajstić information content (AvgIpc) is 3.03. The second-order valence-corrected chi connectivity index (χ2v) is 9.38. The highest BCUT2D eigenvalue weighted by molar-refractivity contribution is 7.97. The highest BCUT2D eigenvalue weighted by atomic mass is 32.2. The van der Waals surface area contributed by atoms with Crippen LogP contribution in [0.25, 0.3) is 17.0 Å². The zero-order valence-corrected chi connectivity index (χ0v) is 19.7. The Labute approximate surface area is 196 Å². The van der Waals surface area contributed by atoms with Crippen molar-refractivity contribution in [1.29, 1.82) is 0 Å². The lowest BCUT2D eigenvalue weighted by molar-refractivity contribution is 0.0923. The van der Waals surface area contributed by atoms with Crippen molar-refractivity contribution in [2.75, 3.05) is 12.3 Å². The molecule has 1 aromatic carbocycles. The summed E-state index contributed by atoms with van der Waals surface area (Å²) in [7, 11) is 0. The molecule has 2 N–H and O–H groups in total. The Bertz CT molecular complexity index is 1250. The molecule has 0 atom stereocenters. The predicted octanol–water partition coefficient (Wildman–Crippen LogP) is 5.81. The molecule has 3 heterocycles. The number of anilines is 1. The Morgan fingerprint density at radius 3 is 2.64 bits per heavy atom. The van der Waals surface area contributed by atoms with Crippen LogP contribution in [0.2, 0.25) is 0 Å². The highest BCUT2D eigenvalue weighted by Crippen LogP contribution is 2.41. The number of hydrogen-bond donors (Lipinski definition) is 1. The number of pyridine rings is 2. The van der Waals surface area contributed by atoms with E-state index in [4.69, 9.17) is 15.5 Å². The summed E-state index contributed by atoms with van der Waals surface area (Å²) in [5.74, 6) is 0.556. The van der Waals surface area contributed by atoms with Crippen molar-refractivity contribution in [1.82, 2.24) is 14.3 Å². The van der Waals surface area contributed by atoms with Gasteiger partial charge in [0.15, 0.2) is 0 Å². The number of nitrogen functional groups attached to an aromatic ring is 1. The fourth-order valence-corrected chi connectivity index (χ4v) is 4.45. The maximum absolute atomic E-state index is 14.3. The van der Waals surface area contributed by atoms with Crippen LogP contribution in [0.1, 0.15) is 43.7 Å². The zero-order chi connectivity index (χ0) is 23.7. The minimum atomic E-state index is -0.406. The molecule has 0 spiro atoms. The first kappa shape index (κ1) is 22.8. The number of rotatable bonds is 6. The van der Waals surface area contributed by atoms with Gasteiger partial charge in [-0.2, -0.15) is 0 Å². The summed E-state index contributed by atoms with van der Waals surface area (Å²) in [6.07, 6.45) is 0. The number of nitrogens with two attached hydrogens (primary N) is 1. The van der Waals surface area contributed by atoms with E-state index in [1.807, 2.05) is 27.7 Å². The smallest absolute Gasteiger partial charge is 0.271 e. The second kappa shape index (κ2) is 9.23. The van der Waals surface area contributed by atoms with Crippen molar-refractivity contribution in [3.63, 3.8) is 0 Å². The fraction of sp³-hybridized carbons (Fsp3) is 0.240. The van der Waals surface area contributed by atoms with Gasteiger partial charge >= 0.3 is 0 Å². The Kier molecular flexibility index (Phi) is 6.37. The monoisotopic (exact) mass is 464 g/mol. The Balaban J connectivity index is 1.72. The Morgan fingerprint density at radius 2 is 1.94 bits per heavy atom. The SMILES string of the molecule is CC(C)=C1c2nc(-c3cc(F)cc(OCC(C)C)c3)ccc2C(=O)N1Sc1cccc(N)n1. The molecule has 3 aromatic rings. The van der Waals surface area contributed by atoms with Crippen molar-refractivity contribution in [2.24, 2.45) is 5.92 Å². The van der Waals surface area contributed by atoms with Crippen molar-refractivity contribution < 1.29 is 13.9 Å². The van der Waals surface area contributed by atoms with Crippen LogP contribution in [0.5, 0.6) is 5.75 Å². The van der Waals surface area contributed by atoms with Gasteiger partial charge in [-0.05, 0) is 61.7 Å². The third kappa shape index (κ3) is 4.85. The first-order chi connectivity index (χ1) is 15.7. The summed E-state index contributed by atoms with van der Waals surface area (Å²) < 4.78 is 21.6. The van der Waals surface area contributed by atoms with Gasteiger partial charge in [-0.1, -0.05) is 19.9 Å². The van der Waals surface area contributed by atoms with Gasteiger partial charge in [0.25, 0.3) is 5.91 Å². The van der Waals surface area contributed by atoms with Crippen LogP contribution in [0.4, 0.5) is 10.2 Å². The lowest BCUT2D eigenvalue weighted by Crippen LogP contribution is -2.16. The number of benzene rings is 1. The normalized spacial score (nSPS) is 13.0. The maximum atomic E-state index is 14.3. The molecule has 4 rings (SSSR count). The van der Waals surface area contributed by atoms with E-state index in [0.717, 1.165) is 5.57 Å². The van der Waals surface area contributed by atoms with E-state index in [0.29, 0.717) is 57.3 Å². The molecule has 2 aromatic heterocycles. The number of aromatic nitrogens is 2. The number of amides is 1. The van der Waals surface area contributed by atoms with E-state index in [2.05, 4.69) is 4.98 Å². The summed E-state index contributed by atoms with van der Waals surface area (Å²) >= 11 is 1.20. The van der Waals surface area contributed by atoms with Crippen molar-refractivity contribution >= 4 is 29.4 Å². The molecule has 0 radical (unpaired) electrons. The molecule has 170 valence electrons. The number of hydrogen-bond acceptors (Lipinski definition) is 6. The molecule has 1 aliphatic rings. The fourth-order valence-electron chi connectivity index (χ4n) is 3.44. The largest absolute Gasteiger partial charge is 0.493 e. The van der Waals surface area contributed by atoms with Crippen LogP contribution in [0, 0.1) is 11.7 Å². The van der Waals surface area contributed by atoms with Crippen LogP contribution in [0.15, 0.2) is 59.1 Å². The van der Waals surface area contributed by atoms with E-state index in [9.17, 15) is 9.18 Å². The van der Waals surface area contributed by atoms with Crippen molar-refractivity contribution in [3.05, 3.63) is 71.2 Å². The van der Waals surface area contributed by atoms with Crippen molar-refractivity contribution in [2.45, 2.75) is 32.7 Å². The van der Waals surface area contributed by atoms with Crippen molar-refractivity contribution in [3.8, 4) is 17.0 Å². The van der Waals surface area contributed by atoms with E-state index in [1.54, 1.807) is 40.7 Å².